The largest absolute Gasteiger partial charge is 0.545 e. The third-order valence-corrected chi connectivity index (χ3v) is 2.66. The number of carboxylic acids is 2. The lowest BCUT2D eigenvalue weighted by Crippen LogP contribution is -2.23. The van der Waals surface area contributed by atoms with E-state index < -0.39 is 17.5 Å². The standard InChI is InChI=1S/C15H9NO5/c16-8-11(15(19)20)7-12-5-6-13(21-12)9-1-3-10(4-2-9)14(17)18/h1-7H,(H,17,18)(H,19,20)/p-2/b11-7-. The molecule has 0 aliphatic carbocycles. The summed E-state index contributed by atoms with van der Waals surface area (Å²) in [6.07, 6.45) is 1.05. The molecule has 104 valence electrons. The van der Waals surface area contributed by atoms with Crippen molar-refractivity contribution in [3.05, 3.63) is 53.3 Å². The van der Waals surface area contributed by atoms with E-state index >= 15 is 0 Å². The van der Waals surface area contributed by atoms with Crippen LogP contribution in [0.4, 0.5) is 0 Å². The molecule has 0 unspecified atom stereocenters. The van der Waals surface area contributed by atoms with Gasteiger partial charge in [0.05, 0.1) is 17.5 Å². The van der Waals surface area contributed by atoms with E-state index in [0.717, 1.165) is 6.08 Å². The van der Waals surface area contributed by atoms with Gasteiger partial charge in [0.1, 0.15) is 17.6 Å². The minimum absolute atomic E-state index is 0.0362. The predicted octanol–water partition coefficient (Wildman–Crippen LogP) is -0.0330. The first-order valence-electron chi connectivity index (χ1n) is 5.76. The summed E-state index contributed by atoms with van der Waals surface area (Å²) < 4.78 is 5.37. The Balaban J connectivity index is 2.30. The van der Waals surface area contributed by atoms with E-state index in [1.807, 2.05) is 0 Å². The van der Waals surface area contributed by atoms with E-state index in [4.69, 9.17) is 9.68 Å². The molecule has 0 aliphatic heterocycles. The zero-order valence-corrected chi connectivity index (χ0v) is 10.5. The maximum atomic E-state index is 10.6. The molecule has 21 heavy (non-hydrogen) atoms. The number of carboxylic acid groups (broad SMARTS) is 2. The van der Waals surface area contributed by atoms with E-state index in [1.54, 1.807) is 6.07 Å². The summed E-state index contributed by atoms with van der Waals surface area (Å²) in [5.74, 6) is -2.29. The quantitative estimate of drug-likeness (QED) is 0.573. The van der Waals surface area contributed by atoms with E-state index in [0.29, 0.717) is 11.3 Å². The minimum Gasteiger partial charge on any atom is -0.545 e. The van der Waals surface area contributed by atoms with Crippen LogP contribution in [0.5, 0.6) is 0 Å². The Bertz CT molecular complexity index is 762. The fourth-order valence-corrected chi connectivity index (χ4v) is 1.64. The van der Waals surface area contributed by atoms with Gasteiger partial charge in [-0.15, -0.1) is 0 Å². The lowest BCUT2D eigenvalue weighted by atomic mass is 10.1. The van der Waals surface area contributed by atoms with E-state index in [9.17, 15) is 19.8 Å². The molecule has 1 heterocycles. The van der Waals surface area contributed by atoms with Gasteiger partial charge in [0, 0.05) is 11.6 Å². The molecule has 0 radical (unpaired) electrons. The van der Waals surface area contributed by atoms with E-state index in [2.05, 4.69) is 0 Å². The molecule has 1 aromatic heterocycles. The summed E-state index contributed by atoms with van der Waals surface area (Å²) in [5, 5.41) is 29.9. The van der Waals surface area contributed by atoms with Crippen molar-refractivity contribution >= 4 is 18.0 Å². The number of nitriles is 1. The highest BCUT2D eigenvalue weighted by Crippen LogP contribution is 2.23. The topological polar surface area (TPSA) is 117 Å². The van der Waals surface area contributed by atoms with Crippen LogP contribution in [-0.2, 0) is 4.79 Å². The zero-order chi connectivity index (χ0) is 15.4. The Morgan fingerprint density at radius 2 is 1.76 bits per heavy atom. The second-order valence-corrected chi connectivity index (χ2v) is 4.02. The highest BCUT2D eigenvalue weighted by atomic mass is 16.4. The van der Waals surface area contributed by atoms with Crippen molar-refractivity contribution in [3.8, 4) is 17.4 Å². The van der Waals surface area contributed by atoms with Crippen LogP contribution in [0, 0.1) is 11.3 Å². The SMILES string of the molecule is N#C/C(=C/c1ccc(-c2ccc(C(=O)[O-])cc2)o1)C(=O)[O-]. The molecule has 0 saturated carbocycles. The number of nitrogens with zero attached hydrogens (tertiary/aromatic N) is 1. The normalized spacial score (nSPS) is 10.9. The molecule has 6 heteroatoms. The zero-order valence-electron chi connectivity index (χ0n) is 10.5. The molecule has 0 atom stereocenters. The average Bonchev–Trinajstić information content (AvgIpc) is 2.93. The lowest BCUT2D eigenvalue weighted by Gasteiger charge is -2.02. The van der Waals surface area contributed by atoms with Gasteiger partial charge in [-0.25, -0.2) is 0 Å². The number of aliphatic carboxylic acids is 1. The summed E-state index contributed by atoms with van der Waals surface area (Å²) in [5.41, 5.74) is 0.0870. The van der Waals surface area contributed by atoms with Crippen molar-refractivity contribution in [2.75, 3.05) is 0 Å². The van der Waals surface area contributed by atoms with Gasteiger partial charge < -0.3 is 24.2 Å². The van der Waals surface area contributed by atoms with Gasteiger partial charge >= 0.3 is 0 Å². The molecular weight excluding hydrogens is 274 g/mol. The first-order valence-corrected chi connectivity index (χ1v) is 5.76. The lowest BCUT2D eigenvalue weighted by molar-refractivity contribution is -0.298. The highest BCUT2D eigenvalue weighted by molar-refractivity contribution is 5.94. The fourth-order valence-electron chi connectivity index (χ4n) is 1.64. The van der Waals surface area contributed by atoms with Crippen molar-refractivity contribution in [3.63, 3.8) is 0 Å². The van der Waals surface area contributed by atoms with Crippen molar-refractivity contribution in [2.45, 2.75) is 0 Å². The molecule has 0 amide bonds. The van der Waals surface area contributed by atoms with Crippen molar-refractivity contribution in [1.82, 2.24) is 0 Å². The number of rotatable bonds is 4. The fraction of sp³-hybridized carbons (Fsp3) is 0. The summed E-state index contributed by atoms with van der Waals surface area (Å²) in [7, 11) is 0. The van der Waals surface area contributed by atoms with Gasteiger partial charge in [-0.2, -0.15) is 5.26 Å². The molecule has 0 N–H and O–H groups in total. The second kappa shape index (κ2) is 5.75. The third kappa shape index (κ3) is 3.16. The van der Waals surface area contributed by atoms with Crippen LogP contribution in [0.2, 0.25) is 0 Å². The molecular formula is C15H7NO5-2. The molecule has 0 spiro atoms. The highest BCUT2D eigenvalue weighted by Gasteiger charge is 2.05. The average molecular weight is 281 g/mol. The minimum atomic E-state index is -1.59. The van der Waals surface area contributed by atoms with Crippen LogP contribution in [-0.4, -0.2) is 11.9 Å². The number of hydrogen-bond acceptors (Lipinski definition) is 6. The first kappa shape index (κ1) is 14.1. The first-order chi connectivity index (χ1) is 10.0. The van der Waals surface area contributed by atoms with Crippen LogP contribution in [0.1, 0.15) is 16.1 Å². The molecule has 2 aromatic rings. The van der Waals surface area contributed by atoms with E-state index in [1.165, 1.54) is 36.4 Å². The number of carbonyl (C=O) groups excluding carboxylic acids is 2. The molecule has 0 saturated heterocycles. The van der Waals surface area contributed by atoms with Crippen molar-refractivity contribution in [1.29, 1.82) is 5.26 Å². The van der Waals surface area contributed by atoms with Crippen molar-refractivity contribution in [2.24, 2.45) is 0 Å². The molecule has 1 aromatic carbocycles. The number of carbonyl (C=O) groups is 2. The Morgan fingerprint density at radius 3 is 2.29 bits per heavy atom. The number of hydrogen-bond donors (Lipinski definition) is 0. The van der Waals surface area contributed by atoms with Crippen LogP contribution in [0.15, 0.2) is 46.4 Å². The number of aromatic carboxylic acids is 1. The molecule has 0 bridgehead atoms. The summed E-state index contributed by atoms with van der Waals surface area (Å²) in [4.78, 5) is 21.2. The summed E-state index contributed by atoms with van der Waals surface area (Å²) in [6.45, 7) is 0. The predicted molar refractivity (Wildman–Crippen MR) is 67.1 cm³/mol. The maximum Gasteiger partial charge on any atom is 0.134 e. The Morgan fingerprint density at radius 1 is 1.10 bits per heavy atom. The monoisotopic (exact) mass is 281 g/mol. The molecule has 0 fully saturated rings. The summed E-state index contributed by atoms with van der Waals surface area (Å²) in [6, 6.07) is 10.3. The number of benzene rings is 1. The van der Waals surface area contributed by atoms with Gasteiger partial charge in [0.15, 0.2) is 0 Å². The van der Waals surface area contributed by atoms with Crippen LogP contribution >= 0.6 is 0 Å². The molecule has 2 rings (SSSR count). The smallest absolute Gasteiger partial charge is 0.134 e. The van der Waals surface area contributed by atoms with Gasteiger partial charge in [0.2, 0.25) is 0 Å². The van der Waals surface area contributed by atoms with Gasteiger partial charge in [0.25, 0.3) is 0 Å². The Kier molecular flexibility index (Phi) is 3.86. The van der Waals surface area contributed by atoms with Gasteiger partial charge in [-0.3, -0.25) is 0 Å². The second-order valence-electron chi connectivity index (χ2n) is 4.02. The van der Waals surface area contributed by atoms with Crippen LogP contribution in [0.3, 0.4) is 0 Å². The Hall–Kier alpha value is -3.33. The third-order valence-electron chi connectivity index (χ3n) is 2.66. The van der Waals surface area contributed by atoms with Crippen molar-refractivity contribution < 1.29 is 24.2 Å². The summed E-state index contributed by atoms with van der Waals surface area (Å²) >= 11 is 0. The maximum absolute atomic E-state index is 10.6. The van der Waals surface area contributed by atoms with Gasteiger partial charge in [-0.1, -0.05) is 24.3 Å². The molecule has 6 nitrogen and oxygen atoms in total. The Labute approximate surface area is 119 Å². The van der Waals surface area contributed by atoms with Crippen LogP contribution in [0.25, 0.3) is 17.4 Å². The number of furan rings is 1. The van der Waals surface area contributed by atoms with E-state index in [-0.39, 0.29) is 11.3 Å². The van der Waals surface area contributed by atoms with Gasteiger partial charge in [-0.05, 0) is 17.7 Å². The molecule has 0 aliphatic rings. The van der Waals surface area contributed by atoms with Crippen LogP contribution < -0.4 is 10.2 Å².